The standard InChI is InChI=1S/C45H36O7/c1-30-41(51-44(47)38-25-19-35(20-26-38)32-13-7-3-8-14-32)42(52-45(48)39-27-21-36(22-28-39)33-15-9-4-10-16-33)40(50-30)29-49-43(46)37-23-17-34(18-24-37)31-11-5-2-6-12-31/h2-28,30,40-42H,29H2,1H3/t30-,40-,41-,42-/m0/s1. The Bertz CT molecular complexity index is 2110. The van der Waals surface area contributed by atoms with Crippen molar-refractivity contribution in [1.29, 1.82) is 0 Å². The van der Waals surface area contributed by atoms with Crippen LogP contribution in [0, 0.1) is 0 Å². The van der Waals surface area contributed by atoms with Crippen LogP contribution < -0.4 is 0 Å². The zero-order valence-electron chi connectivity index (χ0n) is 28.5. The number of carbonyl (C=O) groups is 3. The highest BCUT2D eigenvalue weighted by molar-refractivity contribution is 5.92. The van der Waals surface area contributed by atoms with Gasteiger partial charge in [-0.05, 0) is 76.7 Å². The Labute approximate surface area is 302 Å². The number of rotatable bonds is 10. The van der Waals surface area contributed by atoms with Gasteiger partial charge in [0, 0.05) is 0 Å². The van der Waals surface area contributed by atoms with Crippen molar-refractivity contribution >= 4 is 17.9 Å². The molecule has 1 aliphatic rings. The highest BCUT2D eigenvalue weighted by Gasteiger charge is 2.48. The lowest BCUT2D eigenvalue weighted by atomic mass is 10.0. The second-order valence-electron chi connectivity index (χ2n) is 12.5. The van der Waals surface area contributed by atoms with Crippen molar-refractivity contribution in [3.05, 3.63) is 180 Å². The van der Waals surface area contributed by atoms with Crippen LogP contribution >= 0.6 is 0 Å². The first-order valence-corrected chi connectivity index (χ1v) is 17.1. The SMILES string of the molecule is C[C@@H]1O[C@@H](COC(=O)c2ccc(-c3ccccc3)cc2)[C@H](OC(=O)c2ccc(-c3ccccc3)cc2)[C@H]1OC(=O)c1ccc(-c2ccccc2)cc1. The van der Waals surface area contributed by atoms with Gasteiger partial charge in [-0.2, -0.15) is 0 Å². The minimum absolute atomic E-state index is 0.228. The van der Waals surface area contributed by atoms with E-state index in [0.29, 0.717) is 16.7 Å². The lowest BCUT2D eigenvalue weighted by Gasteiger charge is -2.24. The van der Waals surface area contributed by atoms with E-state index in [2.05, 4.69) is 0 Å². The van der Waals surface area contributed by atoms with Crippen molar-refractivity contribution in [1.82, 2.24) is 0 Å². The fraction of sp³-hybridized carbons (Fsp3) is 0.133. The number of esters is 3. The summed E-state index contributed by atoms with van der Waals surface area (Å²) in [6.45, 7) is 1.50. The summed E-state index contributed by atoms with van der Waals surface area (Å²) in [7, 11) is 0. The van der Waals surface area contributed by atoms with E-state index in [9.17, 15) is 14.4 Å². The van der Waals surface area contributed by atoms with E-state index in [4.69, 9.17) is 18.9 Å². The molecule has 52 heavy (non-hydrogen) atoms. The van der Waals surface area contributed by atoms with Gasteiger partial charge < -0.3 is 18.9 Å². The molecule has 0 aliphatic carbocycles. The molecule has 7 heteroatoms. The number of hydrogen-bond acceptors (Lipinski definition) is 7. The Hall–Kier alpha value is -6.31. The molecule has 0 N–H and O–H groups in total. The lowest BCUT2D eigenvalue weighted by Crippen LogP contribution is -2.41. The molecule has 1 fully saturated rings. The van der Waals surface area contributed by atoms with Crippen molar-refractivity contribution in [3.63, 3.8) is 0 Å². The predicted octanol–water partition coefficient (Wildman–Crippen LogP) is 9.08. The Kier molecular flexibility index (Phi) is 10.3. The minimum Gasteiger partial charge on any atom is -0.459 e. The topological polar surface area (TPSA) is 88.1 Å². The quantitative estimate of drug-likeness (QED) is 0.105. The molecular formula is C45H36O7. The summed E-state index contributed by atoms with van der Waals surface area (Å²) in [6.07, 6.45) is -3.59. The molecule has 0 amide bonds. The third-order valence-corrected chi connectivity index (χ3v) is 9.09. The van der Waals surface area contributed by atoms with Crippen LogP contribution in [0.25, 0.3) is 33.4 Å². The molecule has 0 spiro atoms. The third kappa shape index (κ3) is 7.85. The van der Waals surface area contributed by atoms with Gasteiger partial charge in [0.15, 0.2) is 12.2 Å². The van der Waals surface area contributed by atoms with Crippen LogP contribution in [0.3, 0.4) is 0 Å². The van der Waals surface area contributed by atoms with Gasteiger partial charge in [-0.15, -0.1) is 0 Å². The number of benzene rings is 6. The van der Waals surface area contributed by atoms with Crippen molar-refractivity contribution in [2.24, 2.45) is 0 Å². The Morgan fingerprint density at radius 3 is 1.15 bits per heavy atom. The summed E-state index contributed by atoms with van der Waals surface area (Å²) in [5.74, 6) is -1.77. The van der Waals surface area contributed by atoms with E-state index in [1.807, 2.05) is 127 Å². The van der Waals surface area contributed by atoms with Gasteiger partial charge in [-0.25, -0.2) is 14.4 Å². The molecule has 0 aromatic heterocycles. The maximum absolute atomic E-state index is 13.6. The molecule has 0 radical (unpaired) electrons. The number of carbonyl (C=O) groups excluding carboxylic acids is 3. The molecule has 4 atom stereocenters. The normalized spacial score (nSPS) is 17.9. The molecule has 1 heterocycles. The van der Waals surface area contributed by atoms with Gasteiger partial charge in [-0.1, -0.05) is 127 Å². The van der Waals surface area contributed by atoms with E-state index in [-0.39, 0.29) is 6.61 Å². The van der Waals surface area contributed by atoms with Crippen LogP contribution in [0.15, 0.2) is 164 Å². The largest absolute Gasteiger partial charge is 0.459 e. The molecule has 0 bridgehead atoms. The fourth-order valence-corrected chi connectivity index (χ4v) is 6.26. The maximum Gasteiger partial charge on any atom is 0.338 e. The monoisotopic (exact) mass is 688 g/mol. The molecule has 1 aliphatic heterocycles. The summed E-state index contributed by atoms with van der Waals surface area (Å²) in [6, 6.07) is 50.8. The molecule has 1 saturated heterocycles. The maximum atomic E-state index is 13.6. The summed E-state index contributed by atoms with van der Waals surface area (Å²) in [5, 5.41) is 0. The zero-order chi connectivity index (χ0) is 35.9. The van der Waals surface area contributed by atoms with Crippen LogP contribution in [0.1, 0.15) is 38.0 Å². The van der Waals surface area contributed by atoms with E-state index < -0.39 is 42.3 Å². The van der Waals surface area contributed by atoms with E-state index >= 15 is 0 Å². The second-order valence-corrected chi connectivity index (χ2v) is 12.5. The molecular weight excluding hydrogens is 652 g/mol. The van der Waals surface area contributed by atoms with Gasteiger partial charge in [0.1, 0.15) is 12.7 Å². The Balaban J connectivity index is 1.07. The van der Waals surface area contributed by atoms with Crippen molar-refractivity contribution in [2.75, 3.05) is 6.61 Å². The second kappa shape index (κ2) is 15.7. The minimum atomic E-state index is -1.06. The highest BCUT2D eigenvalue weighted by Crippen LogP contribution is 2.30. The van der Waals surface area contributed by atoms with Crippen molar-refractivity contribution < 1.29 is 33.3 Å². The summed E-state index contributed by atoms with van der Waals surface area (Å²) in [4.78, 5) is 40.1. The Morgan fingerprint density at radius 1 is 0.442 bits per heavy atom. The van der Waals surface area contributed by atoms with Crippen LogP contribution in [0.5, 0.6) is 0 Å². The molecule has 7 nitrogen and oxygen atoms in total. The van der Waals surface area contributed by atoms with E-state index in [1.165, 1.54) is 0 Å². The van der Waals surface area contributed by atoms with Gasteiger partial charge in [0.05, 0.1) is 22.8 Å². The first kappa shape index (κ1) is 34.2. The van der Waals surface area contributed by atoms with Crippen molar-refractivity contribution in [2.45, 2.75) is 31.3 Å². The summed E-state index contributed by atoms with van der Waals surface area (Å²) in [5.41, 5.74) is 6.94. The molecule has 7 rings (SSSR count). The first-order valence-electron chi connectivity index (χ1n) is 17.1. The van der Waals surface area contributed by atoms with Gasteiger partial charge >= 0.3 is 17.9 Å². The third-order valence-electron chi connectivity index (χ3n) is 9.09. The molecule has 0 unspecified atom stereocenters. The average Bonchev–Trinajstić information content (AvgIpc) is 3.50. The van der Waals surface area contributed by atoms with Crippen LogP contribution in [0.4, 0.5) is 0 Å². The molecule has 258 valence electrons. The van der Waals surface area contributed by atoms with Gasteiger partial charge in [0.25, 0.3) is 0 Å². The van der Waals surface area contributed by atoms with E-state index in [1.54, 1.807) is 43.3 Å². The van der Waals surface area contributed by atoms with Crippen LogP contribution in [0.2, 0.25) is 0 Å². The van der Waals surface area contributed by atoms with Crippen molar-refractivity contribution in [3.8, 4) is 33.4 Å². The molecule has 6 aromatic rings. The Morgan fingerprint density at radius 2 is 0.769 bits per heavy atom. The lowest BCUT2D eigenvalue weighted by molar-refractivity contribution is -0.0442. The molecule has 0 saturated carbocycles. The average molecular weight is 689 g/mol. The van der Waals surface area contributed by atoms with Crippen LogP contribution in [-0.2, 0) is 18.9 Å². The summed E-state index contributed by atoms with van der Waals surface area (Å²) >= 11 is 0. The number of hydrogen-bond donors (Lipinski definition) is 0. The van der Waals surface area contributed by atoms with Gasteiger partial charge in [-0.3, -0.25) is 0 Å². The summed E-state index contributed by atoms with van der Waals surface area (Å²) < 4.78 is 23.8. The smallest absolute Gasteiger partial charge is 0.338 e. The first-order chi connectivity index (χ1) is 25.4. The predicted molar refractivity (Wildman–Crippen MR) is 199 cm³/mol. The van der Waals surface area contributed by atoms with E-state index in [0.717, 1.165) is 33.4 Å². The zero-order valence-corrected chi connectivity index (χ0v) is 28.5. The fourth-order valence-electron chi connectivity index (χ4n) is 6.26. The molecule has 6 aromatic carbocycles. The van der Waals surface area contributed by atoms with Crippen LogP contribution in [-0.4, -0.2) is 48.9 Å². The highest BCUT2D eigenvalue weighted by atomic mass is 16.6. The van der Waals surface area contributed by atoms with Gasteiger partial charge in [0.2, 0.25) is 0 Å². The number of ether oxygens (including phenoxy) is 4.